The second kappa shape index (κ2) is 7.90. The first-order valence-corrected chi connectivity index (χ1v) is 9.57. The normalized spacial score (nSPS) is 16.0. The number of carboxylic acid groups (broad SMARTS) is 1. The van der Waals surface area contributed by atoms with Crippen LogP contribution >= 0.6 is 35.3 Å². The van der Waals surface area contributed by atoms with Crippen molar-refractivity contribution < 1.29 is 14.7 Å². The predicted octanol–water partition coefficient (Wildman–Crippen LogP) is 3.88. The van der Waals surface area contributed by atoms with Crippen LogP contribution in [0.2, 0.25) is 0 Å². The zero-order chi connectivity index (χ0) is 17.8. The van der Waals surface area contributed by atoms with Crippen molar-refractivity contribution in [2.24, 2.45) is 0 Å². The molecular weight excluding hydrogens is 376 g/mol. The molecule has 0 unspecified atom stereocenters. The summed E-state index contributed by atoms with van der Waals surface area (Å²) in [5, 5.41) is 8.71. The second-order valence-corrected chi connectivity index (χ2v) is 8.04. The van der Waals surface area contributed by atoms with Gasteiger partial charge in [-0.1, -0.05) is 30.0 Å². The number of thiocarbonyl (C=S) groups is 1. The highest BCUT2D eigenvalue weighted by Crippen LogP contribution is 2.35. The number of hydrogen-bond acceptors (Lipinski definition) is 6. The summed E-state index contributed by atoms with van der Waals surface area (Å²) in [6.07, 6.45) is 3.98. The molecule has 0 saturated carbocycles. The molecule has 1 N–H and O–H groups in total. The molecule has 25 heavy (non-hydrogen) atoms. The van der Waals surface area contributed by atoms with Gasteiger partial charge in [-0.2, -0.15) is 0 Å². The summed E-state index contributed by atoms with van der Waals surface area (Å²) in [4.78, 5) is 31.4. The molecule has 3 heterocycles. The Hall–Kier alpha value is -2.03. The van der Waals surface area contributed by atoms with Crippen molar-refractivity contribution in [3.05, 3.63) is 46.3 Å². The highest BCUT2D eigenvalue weighted by atomic mass is 32.2. The topological polar surface area (TPSA) is 70.5 Å². The molecule has 3 rings (SSSR count). The number of thioether (sulfide) groups is 1. The standard InChI is InChI=1S/C17H14N2O3S3/c20-15(21)5-3-9-19-16(22)14(25-17(19)23)10-11-6-7-13(24-11)12-4-1-2-8-18-12/h1-2,4,6-8,10H,3,5,9H2,(H,20,21). The van der Waals surface area contributed by atoms with Gasteiger partial charge in [-0.15, -0.1) is 11.3 Å². The third-order valence-corrected chi connectivity index (χ3v) is 5.90. The number of carbonyl (C=O) groups excluding carboxylic acids is 1. The molecule has 128 valence electrons. The summed E-state index contributed by atoms with van der Waals surface area (Å²) in [7, 11) is 0. The Labute approximate surface area is 158 Å². The van der Waals surface area contributed by atoms with Crippen LogP contribution in [0.5, 0.6) is 0 Å². The van der Waals surface area contributed by atoms with Crippen LogP contribution in [0.4, 0.5) is 0 Å². The molecule has 0 bridgehead atoms. The SMILES string of the molecule is O=C(O)CCCN1C(=O)C(=Cc2ccc(-c3ccccn3)s2)SC1=S. The molecule has 0 radical (unpaired) electrons. The van der Waals surface area contributed by atoms with Crippen LogP contribution in [0, 0.1) is 0 Å². The third kappa shape index (κ3) is 4.33. The summed E-state index contributed by atoms with van der Waals surface area (Å²) in [6, 6.07) is 9.67. The van der Waals surface area contributed by atoms with Gasteiger partial charge in [-0.25, -0.2) is 0 Å². The molecule has 8 heteroatoms. The van der Waals surface area contributed by atoms with Crippen LogP contribution in [0.15, 0.2) is 41.4 Å². The lowest BCUT2D eigenvalue weighted by Crippen LogP contribution is -2.29. The molecule has 1 aliphatic rings. The van der Waals surface area contributed by atoms with Crippen LogP contribution in [0.25, 0.3) is 16.6 Å². The van der Waals surface area contributed by atoms with Crippen molar-refractivity contribution >= 4 is 57.6 Å². The van der Waals surface area contributed by atoms with Crippen molar-refractivity contribution in [1.29, 1.82) is 0 Å². The van der Waals surface area contributed by atoms with E-state index >= 15 is 0 Å². The predicted molar refractivity (Wildman–Crippen MR) is 104 cm³/mol. The first-order chi connectivity index (χ1) is 12.0. The molecule has 1 amide bonds. The summed E-state index contributed by atoms with van der Waals surface area (Å²) < 4.78 is 0.475. The van der Waals surface area contributed by atoms with Crippen LogP contribution < -0.4 is 0 Å². The van der Waals surface area contributed by atoms with Gasteiger partial charge in [-0.3, -0.25) is 19.5 Å². The van der Waals surface area contributed by atoms with Crippen molar-refractivity contribution in [2.75, 3.05) is 6.54 Å². The Kier molecular flexibility index (Phi) is 5.62. The van der Waals surface area contributed by atoms with Crippen molar-refractivity contribution in [2.45, 2.75) is 12.8 Å². The highest BCUT2D eigenvalue weighted by molar-refractivity contribution is 8.26. The maximum atomic E-state index is 12.5. The Morgan fingerprint density at radius 2 is 2.16 bits per heavy atom. The Morgan fingerprint density at radius 1 is 1.32 bits per heavy atom. The number of hydrogen-bond donors (Lipinski definition) is 1. The summed E-state index contributed by atoms with van der Waals surface area (Å²) in [5.74, 6) is -1.03. The Morgan fingerprint density at radius 3 is 2.88 bits per heavy atom. The lowest BCUT2D eigenvalue weighted by molar-refractivity contribution is -0.137. The van der Waals surface area contributed by atoms with Gasteiger partial charge >= 0.3 is 5.97 Å². The van der Waals surface area contributed by atoms with E-state index in [0.29, 0.717) is 22.2 Å². The van der Waals surface area contributed by atoms with Crippen LogP contribution in [0.3, 0.4) is 0 Å². The van der Waals surface area contributed by atoms with Gasteiger partial charge in [0.25, 0.3) is 5.91 Å². The summed E-state index contributed by atoms with van der Waals surface area (Å²) >= 11 is 8.05. The third-order valence-electron chi connectivity index (χ3n) is 3.46. The van der Waals surface area contributed by atoms with Gasteiger partial charge in [0, 0.05) is 24.0 Å². The van der Waals surface area contributed by atoms with Crippen molar-refractivity contribution in [3.63, 3.8) is 0 Å². The molecule has 1 saturated heterocycles. The number of nitrogens with zero attached hydrogens (tertiary/aromatic N) is 2. The van der Waals surface area contributed by atoms with Gasteiger partial charge in [-0.05, 0) is 36.8 Å². The monoisotopic (exact) mass is 390 g/mol. The van der Waals surface area contributed by atoms with E-state index in [1.54, 1.807) is 17.5 Å². The molecule has 1 aliphatic heterocycles. The Bertz CT molecular complexity index is 846. The highest BCUT2D eigenvalue weighted by Gasteiger charge is 2.31. The minimum Gasteiger partial charge on any atom is -0.481 e. The fraction of sp³-hybridized carbons (Fsp3) is 0.176. The van der Waals surface area contributed by atoms with E-state index in [-0.39, 0.29) is 12.3 Å². The van der Waals surface area contributed by atoms with Crippen LogP contribution in [-0.2, 0) is 9.59 Å². The van der Waals surface area contributed by atoms with E-state index in [9.17, 15) is 9.59 Å². The minimum absolute atomic E-state index is 0.0223. The number of aliphatic carboxylic acids is 1. The van der Waals surface area contributed by atoms with Crippen LogP contribution in [0.1, 0.15) is 17.7 Å². The number of aromatic nitrogens is 1. The zero-order valence-electron chi connectivity index (χ0n) is 13.0. The van der Waals surface area contributed by atoms with E-state index in [0.717, 1.165) is 15.4 Å². The zero-order valence-corrected chi connectivity index (χ0v) is 15.5. The molecule has 5 nitrogen and oxygen atoms in total. The maximum Gasteiger partial charge on any atom is 0.303 e. The van der Waals surface area contributed by atoms with E-state index in [1.807, 2.05) is 36.4 Å². The lowest BCUT2D eigenvalue weighted by atomic mass is 10.3. The van der Waals surface area contributed by atoms with Gasteiger partial charge in [0.05, 0.1) is 15.5 Å². The largest absolute Gasteiger partial charge is 0.481 e. The minimum atomic E-state index is -0.874. The lowest BCUT2D eigenvalue weighted by Gasteiger charge is -2.13. The number of carboxylic acids is 1. The molecule has 0 atom stereocenters. The maximum absolute atomic E-state index is 12.5. The van der Waals surface area contributed by atoms with Crippen molar-refractivity contribution in [1.82, 2.24) is 9.88 Å². The molecule has 1 fully saturated rings. The first kappa shape index (κ1) is 17.8. The van der Waals surface area contributed by atoms with Gasteiger partial charge in [0.2, 0.25) is 0 Å². The molecule has 0 aromatic carbocycles. The Balaban J connectivity index is 1.72. The molecule has 0 spiro atoms. The van der Waals surface area contributed by atoms with E-state index in [4.69, 9.17) is 17.3 Å². The van der Waals surface area contributed by atoms with E-state index in [1.165, 1.54) is 16.7 Å². The number of thiophene rings is 1. The van der Waals surface area contributed by atoms with Crippen LogP contribution in [-0.4, -0.2) is 37.7 Å². The number of pyridine rings is 1. The molecule has 0 aliphatic carbocycles. The summed E-state index contributed by atoms with van der Waals surface area (Å²) in [6.45, 7) is 0.331. The smallest absolute Gasteiger partial charge is 0.303 e. The van der Waals surface area contributed by atoms with Gasteiger partial charge < -0.3 is 5.11 Å². The molecule has 2 aromatic heterocycles. The van der Waals surface area contributed by atoms with Gasteiger partial charge in [0.15, 0.2) is 0 Å². The van der Waals surface area contributed by atoms with E-state index < -0.39 is 5.97 Å². The summed E-state index contributed by atoms with van der Waals surface area (Å²) in [5.41, 5.74) is 0.897. The quantitative estimate of drug-likeness (QED) is 0.596. The number of rotatable bonds is 6. The molecule has 2 aromatic rings. The number of carbonyl (C=O) groups is 2. The van der Waals surface area contributed by atoms with E-state index in [2.05, 4.69) is 4.98 Å². The fourth-order valence-electron chi connectivity index (χ4n) is 2.29. The van der Waals surface area contributed by atoms with Gasteiger partial charge in [0.1, 0.15) is 4.32 Å². The van der Waals surface area contributed by atoms with Crippen molar-refractivity contribution in [3.8, 4) is 10.6 Å². The second-order valence-electron chi connectivity index (χ2n) is 5.25. The number of amides is 1. The average Bonchev–Trinajstić information content (AvgIpc) is 3.16. The first-order valence-electron chi connectivity index (χ1n) is 7.53. The molecular formula is C17H14N2O3S3. The fourth-order valence-corrected chi connectivity index (χ4v) is 4.59. The average molecular weight is 391 g/mol.